The Morgan fingerprint density at radius 1 is 1.09 bits per heavy atom. The lowest BCUT2D eigenvalue weighted by Gasteiger charge is -2.18. The largest absolute Gasteiger partial charge is 0.495 e. The average molecular weight is 471 g/mol. The zero-order valence-electron chi connectivity index (χ0n) is 18.8. The fraction of sp³-hybridized carbons (Fsp3) is 0.333. The lowest BCUT2D eigenvalue weighted by Crippen LogP contribution is -2.29. The summed E-state index contributed by atoms with van der Waals surface area (Å²) in [6.07, 6.45) is 0.517. The van der Waals surface area contributed by atoms with Crippen LogP contribution in [0.4, 0.5) is 0 Å². The van der Waals surface area contributed by atoms with E-state index in [1.54, 1.807) is 6.92 Å². The molecule has 2 heterocycles. The predicted octanol–water partition coefficient (Wildman–Crippen LogP) is 3.70. The molecule has 1 aliphatic heterocycles. The second kappa shape index (κ2) is 8.99. The van der Waals surface area contributed by atoms with Crippen LogP contribution < -0.4 is 4.74 Å². The van der Waals surface area contributed by atoms with E-state index in [1.165, 1.54) is 36.5 Å². The number of nitrogens with one attached hydrogen (secondary N) is 1. The van der Waals surface area contributed by atoms with Crippen LogP contribution in [0.1, 0.15) is 46.2 Å². The van der Waals surface area contributed by atoms with E-state index in [9.17, 15) is 18.0 Å². The number of aryl methyl sites for hydroxylation is 1. The lowest BCUT2D eigenvalue weighted by atomic mass is 10.0. The van der Waals surface area contributed by atoms with Gasteiger partial charge in [-0.2, -0.15) is 4.31 Å². The fourth-order valence-electron chi connectivity index (χ4n) is 4.15. The van der Waals surface area contributed by atoms with Crippen LogP contribution in [0.3, 0.4) is 0 Å². The van der Waals surface area contributed by atoms with Gasteiger partial charge in [0, 0.05) is 35.2 Å². The number of fused-ring (bicyclic) bond motifs is 1. The minimum Gasteiger partial charge on any atom is -0.495 e. The monoisotopic (exact) mass is 470 g/mol. The van der Waals surface area contributed by atoms with Crippen molar-refractivity contribution in [2.75, 3.05) is 20.2 Å². The highest BCUT2D eigenvalue weighted by Crippen LogP contribution is 2.30. The Bertz CT molecular complexity index is 1320. The van der Waals surface area contributed by atoms with Crippen LogP contribution in [-0.2, 0) is 14.8 Å². The van der Waals surface area contributed by atoms with Crippen molar-refractivity contribution in [1.29, 1.82) is 0 Å². The first-order valence-electron chi connectivity index (χ1n) is 10.7. The highest BCUT2D eigenvalue weighted by atomic mass is 32.2. The zero-order valence-corrected chi connectivity index (χ0v) is 19.6. The van der Waals surface area contributed by atoms with Crippen LogP contribution in [0, 0.1) is 6.92 Å². The molecule has 174 valence electrons. The van der Waals surface area contributed by atoms with Gasteiger partial charge in [0.2, 0.25) is 15.8 Å². The third kappa shape index (κ3) is 4.26. The molecule has 4 rings (SSSR count). The number of ether oxygens (including phenoxy) is 2. The van der Waals surface area contributed by atoms with E-state index in [2.05, 4.69) is 4.98 Å². The summed E-state index contributed by atoms with van der Waals surface area (Å²) >= 11 is 0. The van der Waals surface area contributed by atoms with Gasteiger partial charge in [-0.05, 0) is 51.0 Å². The van der Waals surface area contributed by atoms with Crippen LogP contribution in [0.5, 0.6) is 5.75 Å². The standard InChI is InChI=1S/C24H26N2O6S/c1-15-22(18-8-4-5-9-19(18)25-15)23(27)16(2)32-24(28)17-10-11-20(31-3)21(14-17)33(29,30)26-12-6-7-13-26/h4-5,8-11,14,16,25H,6-7,12-13H2,1-3H3/t16-/m0/s1. The van der Waals surface area contributed by atoms with Crippen molar-refractivity contribution in [3.8, 4) is 5.75 Å². The molecule has 0 spiro atoms. The number of sulfonamides is 1. The van der Waals surface area contributed by atoms with Crippen LogP contribution in [-0.4, -0.2) is 55.8 Å². The van der Waals surface area contributed by atoms with Crippen LogP contribution >= 0.6 is 0 Å². The Balaban J connectivity index is 1.59. The molecule has 2 aromatic carbocycles. The molecule has 0 unspecified atom stereocenters. The maximum atomic E-state index is 13.1. The van der Waals surface area contributed by atoms with Crippen LogP contribution in [0.25, 0.3) is 10.9 Å². The molecule has 3 aromatic rings. The van der Waals surface area contributed by atoms with E-state index in [0.29, 0.717) is 24.3 Å². The van der Waals surface area contributed by atoms with E-state index in [-0.39, 0.29) is 22.0 Å². The number of hydrogen-bond acceptors (Lipinski definition) is 6. The number of ketones is 1. The summed E-state index contributed by atoms with van der Waals surface area (Å²) in [7, 11) is -2.44. The Morgan fingerprint density at radius 2 is 1.79 bits per heavy atom. The molecule has 1 N–H and O–H groups in total. The fourth-order valence-corrected chi connectivity index (χ4v) is 5.85. The molecule has 1 aromatic heterocycles. The van der Waals surface area contributed by atoms with Crippen LogP contribution in [0.2, 0.25) is 0 Å². The van der Waals surface area contributed by atoms with Gasteiger partial charge in [0.25, 0.3) is 0 Å². The summed E-state index contributed by atoms with van der Waals surface area (Å²) in [6, 6.07) is 11.5. The SMILES string of the molecule is COc1ccc(C(=O)O[C@@H](C)C(=O)c2c(C)[nH]c3ccccc23)cc1S(=O)(=O)N1CCCC1. The highest BCUT2D eigenvalue weighted by molar-refractivity contribution is 7.89. The molecule has 9 heteroatoms. The smallest absolute Gasteiger partial charge is 0.338 e. The summed E-state index contributed by atoms with van der Waals surface area (Å²) in [5.41, 5.74) is 2.01. The van der Waals surface area contributed by atoms with Crippen molar-refractivity contribution in [3.63, 3.8) is 0 Å². The number of para-hydroxylation sites is 1. The Morgan fingerprint density at radius 3 is 2.48 bits per heavy atom. The number of aromatic nitrogens is 1. The second-order valence-corrected chi connectivity index (χ2v) is 9.97. The molecular formula is C24H26N2O6S. The van der Waals surface area contributed by atoms with Gasteiger partial charge >= 0.3 is 5.97 Å². The molecule has 1 saturated heterocycles. The Labute approximate surface area is 192 Å². The van der Waals surface area contributed by atoms with Gasteiger partial charge in [-0.15, -0.1) is 0 Å². The summed E-state index contributed by atoms with van der Waals surface area (Å²) in [5, 5.41) is 0.756. The number of nitrogens with zero attached hydrogens (tertiary/aromatic N) is 1. The summed E-state index contributed by atoms with van der Waals surface area (Å²) < 4.78 is 38.2. The number of H-pyrrole nitrogens is 1. The quantitative estimate of drug-likeness (QED) is 0.417. The third-order valence-electron chi connectivity index (χ3n) is 5.88. The Kier molecular flexibility index (Phi) is 6.27. The van der Waals surface area contributed by atoms with Gasteiger partial charge in [-0.25, -0.2) is 13.2 Å². The van der Waals surface area contributed by atoms with Crippen molar-refractivity contribution in [2.45, 2.75) is 37.7 Å². The summed E-state index contributed by atoms with van der Waals surface area (Å²) in [5.74, 6) is -0.970. The topological polar surface area (TPSA) is 106 Å². The predicted molar refractivity (Wildman–Crippen MR) is 123 cm³/mol. The number of esters is 1. The molecule has 1 atom stereocenters. The molecule has 0 amide bonds. The third-order valence-corrected chi connectivity index (χ3v) is 7.80. The molecule has 1 fully saturated rings. The van der Waals surface area contributed by atoms with Crippen molar-refractivity contribution in [2.24, 2.45) is 0 Å². The first-order chi connectivity index (χ1) is 15.7. The molecule has 0 aliphatic carbocycles. The zero-order chi connectivity index (χ0) is 23.8. The van der Waals surface area contributed by atoms with E-state index in [4.69, 9.17) is 9.47 Å². The van der Waals surface area contributed by atoms with Gasteiger partial charge in [0.15, 0.2) is 6.10 Å². The van der Waals surface area contributed by atoms with Crippen molar-refractivity contribution in [1.82, 2.24) is 9.29 Å². The van der Waals surface area contributed by atoms with Gasteiger partial charge < -0.3 is 14.5 Å². The van der Waals surface area contributed by atoms with Gasteiger partial charge in [-0.3, -0.25) is 4.79 Å². The molecule has 0 saturated carbocycles. The minimum atomic E-state index is -3.82. The number of rotatable bonds is 7. The maximum Gasteiger partial charge on any atom is 0.338 e. The number of Topliss-reactive ketones (excluding diaryl/α,β-unsaturated/α-hetero) is 1. The van der Waals surface area contributed by atoms with E-state index >= 15 is 0 Å². The molecule has 0 radical (unpaired) electrons. The van der Waals surface area contributed by atoms with E-state index in [0.717, 1.165) is 23.7 Å². The second-order valence-electron chi connectivity index (χ2n) is 8.06. The molecule has 1 aliphatic rings. The summed E-state index contributed by atoms with van der Waals surface area (Å²) in [4.78, 5) is 29.0. The molecular weight excluding hydrogens is 444 g/mol. The number of hydrogen-bond donors (Lipinski definition) is 1. The van der Waals surface area contributed by atoms with E-state index in [1.807, 2.05) is 24.3 Å². The highest BCUT2D eigenvalue weighted by Gasteiger charge is 2.31. The van der Waals surface area contributed by atoms with Crippen molar-refractivity contribution in [3.05, 3.63) is 59.3 Å². The number of carbonyl (C=O) groups is 2. The molecule has 33 heavy (non-hydrogen) atoms. The number of aromatic amines is 1. The first kappa shape index (κ1) is 23.0. The average Bonchev–Trinajstić information content (AvgIpc) is 3.46. The van der Waals surface area contributed by atoms with Gasteiger partial charge in [0.05, 0.1) is 12.7 Å². The van der Waals surface area contributed by atoms with Crippen molar-refractivity contribution >= 4 is 32.7 Å². The van der Waals surface area contributed by atoms with Gasteiger partial charge in [0.1, 0.15) is 10.6 Å². The number of benzene rings is 2. The van der Waals surface area contributed by atoms with Crippen LogP contribution in [0.15, 0.2) is 47.4 Å². The minimum absolute atomic E-state index is 0.0314. The molecule has 0 bridgehead atoms. The summed E-state index contributed by atoms with van der Waals surface area (Å²) in [6.45, 7) is 4.15. The van der Waals surface area contributed by atoms with Crippen molar-refractivity contribution < 1.29 is 27.5 Å². The van der Waals surface area contributed by atoms with E-state index < -0.39 is 22.1 Å². The van der Waals surface area contributed by atoms with Gasteiger partial charge in [-0.1, -0.05) is 18.2 Å². The molecule has 8 nitrogen and oxygen atoms in total. The lowest BCUT2D eigenvalue weighted by molar-refractivity contribution is 0.0319. The normalized spacial score (nSPS) is 15.5. The number of methoxy groups -OCH3 is 1. The Hall–Kier alpha value is -3.17. The first-order valence-corrected chi connectivity index (χ1v) is 12.2. The maximum absolute atomic E-state index is 13.1. The number of carbonyl (C=O) groups excluding carboxylic acids is 2.